The molecular weight excluding hydrogens is 475 g/mol. The molecule has 1 aliphatic rings. The highest BCUT2D eigenvalue weighted by atomic mass is 127. The van der Waals surface area contributed by atoms with Crippen molar-refractivity contribution in [3.8, 4) is 0 Å². The molecule has 3 rings (SSSR count). The highest BCUT2D eigenvalue weighted by Crippen LogP contribution is 2.47. The van der Waals surface area contributed by atoms with Gasteiger partial charge in [0.15, 0.2) is 5.96 Å². The van der Waals surface area contributed by atoms with Crippen LogP contribution in [0.3, 0.4) is 0 Å². The predicted octanol–water partition coefficient (Wildman–Crippen LogP) is 3.84. The van der Waals surface area contributed by atoms with Crippen LogP contribution in [0.4, 0.5) is 0 Å². The normalized spacial score (nSPS) is 14.5. The van der Waals surface area contributed by atoms with Crippen molar-refractivity contribution in [2.45, 2.75) is 38.1 Å². The molecule has 0 saturated heterocycles. The lowest BCUT2D eigenvalue weighted by Crippen LogP contribution is -2.40. The average Bonchev–Trinajstić information content (AvgIpc) is 3.54. The molecule has 0 aromatic heterocycles. The van der Waals surface area contributed by atoms with Gasteiger partial charge in [-0.05, 0) is 42.5 Å². The number of nitrogens with zero attached hydrogens (tertiary/aromatic N) is 1. The summed E-state index contributed by atoms with van der Waals surface area (Å²) in [4.78, 5) is 16.5. The van der Waals surface area contributed by atoms with Crippen LogP contribution in [0.1, 0.15) is 47.7 Å². The van der Waals surface area contributed by atoms with E-state index in [4.69, 9.17) is 0 Å². The zero-order chi connectivity index (χ0) is 19.8. The quantitative estimate of drug-likeness (QED) is 0.290. The summed E-state index contributed by atoms with van der Waals surface area (Å²) in [6, 6.07) is 18.4. The van der Waals surface area contributed by atoms with E-state index in [1.54, 1.807) is 7.05 Å². The Morgan fingerprint density at radius 3 is 2.45 bits per heavy atom. The van der Waals surface area contributed by atoms with Crippen LogP contribution in [0, 0.1) is 0 Å². The molecule has 0 radical (unpaired) electrons. The fourth-order valence-corrected chi connectivity index (χ4v) is 3.33. The van der Waals surface area contributed by atoms with Gasteiger partial charge >= 0.3 is 0 Å². The molecule has 0 aliphatic heterocycles. The summed E-state index contributed by atoms with van der Waals surface area (Å²) in [7, 11) is 1.78. The standard InChI is InChI=1S/C23H30N4O.HI/c1-3-14-25-21(28)19-9-7-8-18(15-19)16-26-22(24-2)27-17-23(12-13-23)20-10-5-4-6-11-20;/h4-11,15H,3,12-14,16-17H2,1-2H3,(H,25,28)(H2,24,26,27);1H. The third-order valence-corrected chi connectivity index (χ3v) is 5.24. The summed E-state index contributed by atoms with van der Waals surface area (Å²) >= 11 is 0. The average molecular weight is 506 g/mol. The Bertz CT molecular complexity index is 819. The van der Waals surface area contributed by atoms with E-state index in [1.807, 2.05) is 31.2 Å². The molecule has 0 bridgehead atoms. The SMILES string of the molecule is CCCNC(=O)c1cccc(CNC(=NC)NCC2(c3ccccc3)CC2)c1.I. The van der Waals surface area contributed by atoms with Crippen molar-refractivity contribution in [3.63, 3.8) is 0 Å². The van der Waals surface area contributed by atoms with E-state index in [9.17, 15) is 4.79 Å². The first kappa shape index (κ1) is 23.2. The molecule has 6 heteroatoms. The second-order valence-electron chi connectivity index (χ2n) is 7.38. The molecule has 156 valence electrons. The molecule has 0 heterocycles. The number of carbonyl (C=O) groups excluding carboxylic acids is 1. The van der Waals surface area contributed by atoms with Crippen LogP contribution in [0.15, 0.2) is 59.6 Å². The molecule has 5 nitrogen and oxygen atoms in total. The van der Waals surface area contributed by atoms with Crippen LogP contribution in [0.5, 0.6) is 0 Å². The summed E-state index contributed by atoms with van der Waals surface area (Å²) in [5.41, 5.74) is 3.37. The Labute approximate surface area is 190 Å². The maximum atomic E-state index is 12.1. The van der Waals surface area contributed by atoms with E-state index in [0.29, 0.717) is 18.7 Å². The summed E-state index contributed by atoms with van der Waals surface area (Å²) in [5, 5.41) is 9.74. The van der Waals surface area contributed by atoms with Crippen molar-refractivity contribution in [1.82, 2.24) is 16.0 Å². The first-order valence-electron chi connectivity index (χ1n) is 10.0. The molecule has 0 atom stereocenters. The zero-order valence-electron chi connectivity index (χ0n) is 17.2. The van der Waals surface area contributed by atoms with Crippen molar-refractivity contribution < 1.29 is 4.79 Å². The topological polar surface area (TPSA) is 65.5 Å². The molecule has 29 heavy (non-hydrogen) atoms. The number of halogens is 1. The van der Waals surface area contributed by atoms with Gasteiger partial charge in [-0.2, -0.15) is 0 Å². The monoisotopic (exact) mass is 506 g/mol. The van der Waals surface area contributed by atoms with Crippen LogP contribution in [0.2, 0.25) is 0 Å². The predicted molar refractivity (Wildman–Crippen MR) is 130 cm³/mol. The van der Waals surface area contributed by atoms with Crippen molar-refractivity contribution in [2.24, 2.45) is 4.99 Å². The van der Waals surface area contributed by atoms with E-state index in [0.717, 1.165) is 24.5 Å². The van der Waals surface area contributed by atoms with Crippen LogP contribution < -0.4 is 16.0 Å². The smallest absolute Gasteiger partial charge is 0.251 e. The number of amides is 1. The van der Waals surface area contributed by atoms with Gasteiger partial charge in [0, 0.05) is 37.7 Å². The Balaban J connectivity index is 0.00000300. The Morgan fingerprint density at radius 2 is 1.79 bits per heavy atom. The number of aliphatic imine (C=N–C) groups is 1. The van der Waals surface area contributed by atoms with Gasteiger partial charge in [-0.1, -0.05) is 49.4 Å². The lowest BCUT2D eigenvalue weighted by molar-refractivity contribution is 0.0953. The van der Waals surface area contributed by atoms with Crippen molar-refractivity contribution in [2.75, 3.05) is 20.1 Å². The first-order valence-corrected chi connectivity index (χ1v) is 10.0. The lowest BCUT2D eigenvalue weighted by atomic mass is 9.96. The number of guanidine groups is 1. The van der Waals surface area contributed by atoms with Gasteiger partial charge in [0.2, 0.25) is 0 Å². The molecule has 1 amide bonds. The highest BCUT2D eigenvalue weighted by molar-refractivity contribution is 14.0. The third-order valence-electron chi connectivity index (χ3n) is 5.24. The molecule has 1 fully saturated rings. The summed E-state index contributed by atoms with van der Waals surface area (Å²) in [5.74, 6) is 0.757. The van der Waals surface area contributed by atoms with Gasteiger partial charge in [0.1, 0.15) is 0 Å². The van der Waals surface area contributed by atoms with Gasteiger partial charge in [-0.15, -0.1) is 24.0 Å². The fourth-order valence-electron chi connectivity index (χ4n) is 3.33. The Kier molecular flexibility index (Phi) is 8.95. The van der Waals surface area contributed by atoms with Gasteiger partial charge in [0.05, 0.1) is 0 Å². The fraction of sp³-hybridized carbons (Fsp3) is 0.391. The molecule has 2 aromatic rings. The second kappa shape index (κ2) is 11.2. The Morgan fingerprint density at radius 1 is 1.03 bits per heavy atom. The van der Waals surface area contributed by atoms with E-state index in [1.165, 1.54) is 18.4 Å². The molecular formula is C23H31IN4O. The van der Waals surface area contributed by atoms with Crippen LogP contribution >= 0.6 is 24.0 Å². The highest BCUT2D eigenvalue weighted by Gasteiger charge is 2.43. The number of nitrogens with one attached hydrogen (secondary N) is 3. The maximum Gasteiger partial charge on any atom is 0.251 e. The molecule has 3 N–H and O–H groups in total. The van der Waals surface area contributed by atoms with Gasteiger partial charge in [0.25, 0.3) is 5.91 Å². The van der Waals surface area contributed by atoms with Gasteiger partial charge in [-0.3, -0.25) is 9.79 Å². The second-order valence-corrected chi connectivity index (χ2v) is 7.38. The molecule has 0 unspecified atom stereocenters. The van der Waals surface area contributed by atoms with Gasteiger partial charge in [-0.25, -0.2) is 0 Å². The number of carbonyl (C=O) groups is 1. The first-order chi connectivity index (χ1) is 13.7. The van der Waals surface area contributed by atoms with E-state index >= 15 is 0 Å². The van der Waals surface area contributed by atoms with Gasteiger partial charge < -0.3 is 16.0 Å². The van der Waals surface area contributed by atoms with Crippen LogP contribution in [-0.2, 0) is 12.0 Å². The minimum atomic E-state index is -0.0234. The number of hydrogen-bond acceptors (Lipinski definition) is 2. The van der Waals surface area contributed by atoms with Crippen molar-refractivity contribution in [1.29, 1.82) is 0 Å². The molecule has 1 saturated carbocycles. The van der Waals surface area contributed by atoms with E-state index < -0.39 is 0 Å². The maximum absolute atomic E-state index is 12.1. The van der Waals surface area contributed by atoms with Crippen LogP contribution in [-0.4, -0.2) is 32.0 Å². The molecule has 2 aromatic carbocycles. The Hall–Kier alpha value is -2.09. The lowest BCUT2D eigenvalue weighted by Gasteiger charge is -2.19. The minimum Gasteiger partial charge on any atom is -0.356 e. The summed E-state index contributed by atoms with van der Waals surface area (Å²) in [6.45, 7) is 4.23. The van der Waals surface area contributed by atoms with E-state index in [2.05, 4.69) is 51.3 Å². The molecule has 0 spiro atoms. The van der Waals surface area contributed by atoms with Crippen LogP contribution in [0.25, 0.3) is 0 Å². The minimum absolute atomic E-state index is 0. The van der Waals surface area contributed by atoms with Crippen molar-refractivity contribution in [3.05, 3.63) is 71.3 Å². The summed E-state index contributed by atoms with van der Waals surface area (Å²) < 4.78 is 0. The summed E-state index contributed by atoms with van der Waals surface area (Å²) in [6.07, 6.45) is 3.34. The number of rotatable bonds is 8. The zero-order valence-corrected chi connectivity index (χ0v) is 19.5. The number of benzene rings is 2. The van der Waals surface area contributed by atoms with Crippen molar-refractivity contribution >= 4 is 35.8 Å². The number of hydrogen-bond donors (Lipinski definition) is 3. The largest absolute Gasteiger partial charge is 0.356 e. The molecule has 1 aliphatic carbocycles. The third kappa shape index (κ3) is 6.45. The van der Waals surface area contributed by atoms with E-state index in [-0.39, 0.29) is 35.3 Å².